The van der Waals surface area contributed by atoms with Crippen molar-refractivity contribution in [2.75, 3.05) is 47.5 Å². The molecule has 0 saturated carbocycles. The number of rotatable bonds is 62. The zero-order chi connectivity index (χ0) is 58.4. The summed E-state index contributed by atoms with van der Waals surface area (Å²) >= 11 is 0. The van der Waals surface area contributed by atoms with E-state index in [0.29, 0.717) is 17.4 Å². The predicted molar refractivity (Wildman–Crippen MR) is 344 cm³/mol. The van der Waals surface area contributed by atoms with Gasteiger partial charge in [-0.1, -0.05) is 318 Å². The van der Waals surface area contributed by atoms with Gasteiger partial charge in [0.2, 0.25) is 0 Å². The zero-order valence-electron chi connectivity index (χ0n) is 53.1. The first-order valence-corrected chi connectivity index (χ1v) is 35.2. The number of quaternary nitrogens is 1. The summed E-state index contributed by atoms with van der Waals surface area (Å²) in [6.07, 6.45) is 82.0. The van der Waals surface area contributed by atoms with Gasteiger partial charge in [0.25, 0.3) is 0 Å². The second-order valence-electron chi connectivity index (χ2n) is 23.8. The summed E-state index contributed by atoms with van der Waals surface area (Å²) in [6.45, 7) is 4.27. The van der Waals surface area contributed by atoms with Crippen molar-refractivity contribution in [1.29, 1.82) is 0 Å². The van der Waals surface area contributed by atoms with E-state index in [-0.39, 0.29) is 32.0 Å². The largest absolute Gasteiger partial charge is 0.472 e. The van der Waals surface area contributed by atoms with Gasteiger partial charge in [-0.3, -0.25) is 18.6 Å². The highest BCUT2D eigenvalue weighted by atomic mass is 31.2. The number of esters is 2. The molecule has 0 radical (unpaired) electrons. The Morgan fingerprint density at radius 3 is 1.04 bits per heavy atom. The molecule has 0 aromatic heterocycles. The van der Waals surface area contributed by atoms with E-state index in [1.165, 1.54) is 218 Å². The van der Waals surface area contributed by atoms with Crippen LogP contribution < -0.4 is 0 Å². The van der Waals surface area contributed by atoms with Crippen LogP contribution in [0.1, 0.15) is 309 Å². The van der Waals surface area contributed by atoms with Crippen LogP contribution >= 0.6 is 7.82 Å². The number of carbonyl (C=O) groups excluding carboxylic acids is 2. The second-order valence-corrected chi connectivity index (χ2v) is 25.3. The van der Waals surface area contributed by atoms with Gasteiger partial charge < -0.3 is 18.9 Å². The van der Waals surface area contributed by atoms with Crippen molar-refractivity contribution in [3.05, 3.63) is 72.9 Å². The molecule has 0 aromatic carbocycles. The average molecular weight is 1140 g/mol. The van der Waals surface area contributed by atoms with E-state index in [1.807, 2.05) is 33.3 Å². The highest BCUT2D eigenvalue weighted by Gasteiger charge is 2.27. The maximum Gasteiger partial charge on any atom is 0.472 e. The number of hydrogen-bond donors (Lipinski definition) is 1. The van der Waals surface area contributed by atoms with Crippen LogP contribution in [0, 0.1) is 0 Å². The first-order valence-electron chi connectivity index (χ1n) is 33.7. The molecule has 0 spiro atoms. The fourth-order valence-electron chi connectivity index (χ4n) is 9.63. The van der Waals surface area contributed by atoms with Crippen LogP contribution in [0.25, 0.3) is 0 Å². The Morgan fingerprint density at radius 2 is 0.713 bits per heavy atom. The van der Waals surface area contributed by atoms with Gasteiger partial charge in [0.05, 0.1) is 27.7 Å². The molecule has 0 bridgehead atoms. The minimum atomic E-state index is -4.41. The smallest absolute Gasteiger partial charge is 0.462 e. The van der Waals surface area contributed by atoms with E-state index in [4.69, 9.17) is 18.5 Å². The van der Waals surface area contributed by atoms with Crippen LogP contribution in [-0.4, -0.2) is 74.9 Å². The molecule has 80 heavy (non-hydrogen) atoms. The molecular weight excluding hydrogens is 1010 g/mol. The fraction of sp³-hybridized carbons (Fsp3) is 0.800. The van der Waals surface area contributed by atoms with Crippen LogP contribution in [0.2, 0.25) is 0 Å². The minimum Gasteiger partial charge on any atom is -0.462 e. The molecule has 0 rings (SSSR count). The molecular formula is C70H129NO8P+. The Morgan fingerprint density at radius 1 is 0.400 bits per heavy atom. The first-order chi connectivity index (χ1) is 39.0. The molecule has 0 fully saturated rings. The van der Waals surface area contributed by atoms with E-state index < -0.39 is 26.5 Å². The number of nitrogens with zero attached hydrogens (tertiary/aromatic N) is 1. The molecule has 466 valence electrons. The molecule has 9 nitrogen and oxygen atoms in total. The molecule has 0 aliphatic carbocycles. The Labute approximate surface area is 495 Å². The number of carbonyl (C=O) groups is 2. The average Bonchev–Trinajstić information content (AvgIpc) is 3.42. The minimum absolute atomic E-state index is 0.0163. The van der Waals surface area contributed by atoms with Crippen LogP contribution in [-0.2, 0) is 32.7 Å². The molecule has 0 aliphatic rings. The monoisotopic (exact) mass is 1140 g/mol. The molecule has 0 saturated heterocycles. The molecule has 2 atom stereocenters. The first kappa shape index (κ1) is 77.5. The van der Waals surface area contributed by atoms with Gasteiger partial charge in [-0.15, -0.1) is 0 Å². The number of likely N-dealkylation sites (N-methyl/N-ethyl adjacent to an activating group) is 1. The number of ether oxygens (including phenoxy) is 2. The van der Waals surface area contributed by atoms with Gasteiger partial charge in [-0.25, -0.2) is 4.57 Å². The summed E-state index contributed by atoms with van der Waals surface area (Å²) in [6, 6.07) is 0. The maximum absolute atomic E-state index is 12.8. The zero-order valence-corrected chi connectivity index (χ0v) is 54.0. The lowest BCUT2D eigenvalue weighted by molar-refractivity contribution is -0.870. The predicted octanol–water partition coefficient (Wildman–Crippen LogP) is 21.6. The van der Waals surface area contributed by atoms with Gasteiger partial charge in [-0.2, -0.15) is 0 Å². The maximum atomic E-state index is 12.8. The highest BCUT2D eigenvalue weighted by Crippen LogP contribution is 2.43. The standard InChI is InChI=1S/C70H128NO8P/c1-6-8-10-12-14-16-18-20-22-24-26-27-28-29-30-31-32-33-34-35-36-37-38-39-40-41-42-43-45-46-48-50-52-54-56-58-60-62-69(72)76-66-68(67-78-80(74,75)77-65-64-71(3,4)5)79-70(73)63-61-59-57-55-53-51-49-47-44-25-23-21-19-17-15-13-11-9-7-2/h9,11,15,17,21,23,44,47,51,53,57,59,68H,6-8,10,12-14,16,18-20,22,24-43,45-46,48-50,52,54-56,58,60-67H2,1-5H3/p+1/b11-9-,17-15-,23-21-,47-44-,53-51-,59-57-. The summed E-state index contributed by atoms with van der Waals surface area (Å²) in [4.78, 5) is 35.7. The molecule has 10 heteroatoms. The fourth-order valence-corrected chi connectivity index (χ4v) is 10.4. The van der Waals surface area contributed by atoms with Crippen molar-refractivity contribution in [3.63, 3.8) is 0 Å². The Kier molecular flexibility index (Phi) is 59.1. The number of phosphoric ester groups is 1. The topological polar surface area (TPSA) is 108 Å². The van der Waals surface area contributed by atoms with Gasteiger partial charge in [0.1, 0.15) is 19.8 Å². The normalized spacial score (nSPS) is 13.6. The van der Waals surface area contributed by atoms with Crippen molar-refractivity contribution >= 4 is 19.8 Å². The molecule has 2 unspecified atom stereocenters. The SMILES string of the molecule is CC/C=C\C/C=C\C/C=C\C/C=C\C/C=C\C/C=C\CCC(=O)OC(COC(=O)CCCCCCCCCCCCCCCCCCCCCCCCCCCCCCCCCCCCCCC)COP(=O)(O)OCC[N+](C)(C)C. The summed E-state index contributed by atoms with van der Waals surface area (Å²) < 4.78 is 34.5. The van der Waals surface area contributed by atoms with Gasteiger partial charge in [-0.05, 0) is 51.4 Å². The van der Waals surface area contributed by atoms with Gasteiger partial charge >= 0.3 is 19.8 Å². The summed E-state index contributed by atoms with van der Waals surface area (Å²) in [5, 5.41) is 0. The second kappa shape index (κ2) is 61.0. The van der Waals surface area contributed by atoms with Gasteiger partial charge in [0.15, 0.2) is 6.10 Å². The van der Waals surface area contributed by atoms with Crippen molar-refractivity contribution in [2.24, 2.45) is 0 Å². The molecule has 1 N–H and O–H groups in total. The van der Waals surface area contributed by atoms with Crippen molar-refractivity contribution in [1.82, 2.24) is 0 Å². The lowest BCUT2D eigenvalue weighted by Gasteiger charge is -2.24. The lowest BCUT2D eigenvalue weighted by Crippen LogP contribution is -2.37. The molecule has 0 heterocycles. The van der Waals surface area contributed by atoms with E-state index in [0.717, 1.165) is 57.8 Å². The summed E-state index contributed by atoms with van der Waals surface area (Å²) in [7, 11) is 1.43. The van der Waals surface area contributed by atoms with Crippen LogP contribution in [0.5, 0.6) is 0 Å². The van der Waals surface area contributed by atoms with E-state index >= 15 is 0 Å². The van der Waals surface area contributed by atoms with Gasteiger partial charge in [0, 0.05) is 12.8 Å². The third-order valence-electron chi connectivity index (χ3n) is 14.8. The Bertz CT molecular complexity index is 1580. The third-order valence-corrected chi connectivity index (χ3v) is 15.7. The van der Waals surface area contributed by atoms with Crippen molar-refractivity contribution in [2.45, 2.75) is 315 Å². The Hall–Kier alpha value is -2.55. The Balaban J connectivity index is 3.98. The van der Waals surface area contributed by atoms with Crippen LogP contribution in [0.4, 0.5) is 0 Å². The number of hydrogen-bond acceptors (Lipinski definition) is 7. The molecule has 0 aliphatic heterocycles. The number of unbranched alkanes of at least 4 members (excludes halogenated alkanes) is 36. The van der Waals surface area contributed by atoms with E-state index in [9.17, 15) is 19.0 Å². The van der Waals surface area contributed by atoms with Crippen molar-refractivity contribution < 1.29 is 42.1 Å². The van der Waals surface area contributed by atoms with Crippen molar-refractivity contribution in [3.8, 4) is 0 Å². The van der Waals surface area contributed by atoms with Crippen LogP contribution in [0.15, 0.2) is 72.9 Å². The molecule has 0 aromatic rings. The highest BCUT2D eigenvalue weighted by molar-refractivity contribution is 7.47. The quantitative estimate of drug-likeness (QED) is 0.0211. The molecule has 0 amide bonds. The van der Waals surface area contributed by atoms with Crippen LogP contribution in [0.3, 0.4) is 0 Å². The lowest BCUT2D eigenvalue weighted by atomic mass is 10.0. The van der Waals surface area contributed by atoms with E-state index in [1.54, 1.807) is 0 Å². The van der Waals surface area contributed by atoms with E-state index in [2.05, 4.69) is 74.6 Å². The number of allylic oxidation sites excluding steroid dienone is 12. The summed E-state index contributed by atoms with van der Waals surface area (Å²) in [5.41, 5.74) is 0. The summed E-state index contributed by atoms with van der Waals surface area (Å²) in [5.74, 6) is -0.888. The third kappa shape index (κ3) is 64.6. The number of phosphoric acid groups is 1.